The van der Waals surface area contributed by atoms with Gasteiger partial charge in [-0.2, -0.15) is 0 Å². The van der Waals surface area contributed by atoms with Gasteiger partial charge in [0.15, 0.2) is 0 Å². The number of ether oxygens (including phenoxy) is 2. The van der Waals surface area contributed by atoms with E-state index in [0.717, 1.165) is 11.1 Å². The van der Waals surface area contributed by atoms with E-state index in [1.165, 1.54) is 0 Å². The molecule has 2 aromatic carbocycles. The maximum Gasteiger partial charge on any atom is 0.308 e. The van der Waals surface area contributed by atoms with Crippen LogP contribution in [0.1, 0.15) is 38.8 Å². The van der Waals surface area contributed by atoms with Gasteiger partial charge in [0.2, 0.25) is 0 Å². The second-order valence-electron chi connectivity index (χ2n) is 7.20. The van der Waals surface area contributed by atoms with Crippen molar-refractivity contribution < 1.29 is 19.1 Å². The van der Waals surface area contributed by atoms with Gasteiger partial charge >= 0.3 is 11.9 Å². The topological polar surface area (TPSA) is 52.6 Å². The Bertz CT molecular complexity index is 721. The number of benzene rings is 2. The van der Waals surface area contributed by atoms with Gasteiger partial charge in [0.05, 0.1) is 11.8 Å². The van der Waals surface area contributed by atoms with Crippen LogP contribution in [0.15, 0.2) is 72.8 Å². The van der Waals surface area contributed by atoms with E-state index in [0.29, 0.717) is 13.2 Å². The van der Waals surface area contributed by atoms with E-state index < -0.39 is 0 Å². The van der Waals surface area contributed by atoms with Crippen LogP contribution in [0.3, 0.4) is 0 Å². The maximum absolute atomic E-state index is 11.1. The minimum Gasteiger partial charge on any atom is -0.461 e. The molecule has 2 rings (SSSR count). The third-order valence-corrected chi connectivity index (χ3v) is 3.81. The molecule has 0 unspecified atom stereocenters. The first-order chi connectivity index (χ1) is 14.4. The second-order valence-corrected chi connectivity index (χ2v) is 7.20. The van der Waals surface area contributed by atoms with E-state index in [1.54, 1.807) is 0 Å². The standard InChI is InChI=1S/2C13H16O2/c2*1-11(2)13(14)15-10-6-9-12-7-4-3-5-8-12/h2*3-9,11H,10H2,1-2H3/b9-6+;. The second kappa shape index (κ2) is 14.8. The molecular weight excluding hydrogens is 376 g/mol. The van der Waals surface area contributed by atoms with Crippen molar-refractivity contribution in [3.8, 4) is 0 Å². The number of rotatable bonds is 8. The van der Waals surface area contributed by atoms with Crippen LogP contribution in [-0.4, -0.2) is 25.2 Å². The molecule has 0 bridgehead atoms. The molecule has 0 saturated heterocycles. The number of carbonyl (C=O) groups excluding carboxylic acids is 2. The van der Waals surface area contributed by atoms with Crippen LogP contribution in [0.4, 0.5) is 0 Å². The third-order valence-electron chi connectivity index (χ3n) is 3.81. The summed E-state index contributed by atoms with van der Waals surface area (Å²) >= 11 is 0. The highest BCUT2D eigenvalue weighted by Gasteiger charge is 2.06. The summed E-state index contributed by atoms with van der Waals surface area (Å²) in [6, 6.07) is 19.8. The number of carbonyl (C=O) groups is 2. The Balaban J connectivity index is 0.000000300. The van der Waals surface area contributed by atoms with Crippen LogP contribution < -0.4 is 0 Å². The number of esters is 2. The van der Waals surface area contributed by atoms with Crippen LogP contribution in [0.5, 0.6) is 0 Å². The van der Waals surface area contributed by atoms with E-state index in [2.05, 4.69) is 0 Å². The van der Waals surface area contributed by atoms with Crippen LogP contribution >= 0.6 is 0 Å². The van der Waals surface area contributed by atoms with E-state index in [1.807, 2.05) is 113 Å². The predicted octanol–water partition coefficient (Wildman–Crippen LogP) is 5.80. The Labute approximate surface area is 180 Å². The zero-order valence-corrected chi connectivity index (χ0v) is 18.3. The lowest BCUT2D eigenvalue weighted by Crippen LogP contribution is -2.11. The summed E-state index contributed by atoms with van der Waals surface area (Å²) in [4.78, 5) is 22.2. The molecule has 0 aliphatic rings. The van der Waals surface area contributed by atoms with E-state index in [-0.39, 0.29) is 23.8 Å². The molecule has 0 radical (unpaired) electrons. The largest absolute Gasteiger partial charge is 0.461 e. The van der Waals surface area contributed by atoms with Crippen LogP contribution in [-0.2, 0) is 19.1 Å². The first kappa shape index (κ1) is 24.9. The monoisotopic (exact) mass is 408 g/mol. The first-order valence-corrected chi connectivity index (χ1v) is 10.2. The van der Waals surface area contributed by atoms with Crippen molar-refractivity contribution in [3.63, 3.8) is 0 Å². The van der Waals surface area contributed by atoms with E-state index in [9.17, 15) is 9.59 Å². The Morgan fingerprint density at radius 3 is 1.30 bits per heavy atom. The van der Waals surface area contributed by atoms with Gasteiger partial charge in [0.25, 0.3) is 0 Å². The first-order valence-electron chi connectivity index (χ1n) is 10.2. The minimum atomic E-state index is -0.160. The van der Waals surface area contributed by atoms with Crippen LogP contribution in [0, 0.1) is 11.8 Å². The van der Waals surface area contributed by atoms with Crippen molar-refractivity contribution in [3.05, 3.63) is 83.9 Å². The highest BCUT2D eigenvalue weighted by molar-refractivity contribution is 5.72. The Kier molecular flexibility index (Phi) is 12.3. The summed E-state index contributed by atoms with van der Waals surface area (Å²) in [6.45, 7) is 7.97. The van der Waals surface area contributed by atoms with Gasteiger partial charge in [0, 0.05) is 0 Å². The minimum absolute atomic E-state index is 0.0601. The molecule has 160 valence electrons. The van der Waals surface area contributed by atoms with Gasteiger partial charge in [-0.25, -0.2) is 0 Å². The van der Waals surface area contributed by atoms with Crippen molar-refractivity contribution in [1.82, 2.24) is 0 Å². The lowest BCUT2D eigenvalue weighted by molar-refractivity contribution is -0.146. The summed E-state index contributed by atoms with van der Waals surface area (Å²) in [5.74, 6) is -0.439. The van der Waals surface area contributed by atoms with E-state index >= 15 is 0 Å². The molecule has 2 aromatic rings. The molecule has 4 nitrogen and oxygen atoms in total. The zero-order valence-electron chi connectivity index (χ0n) is 18.3. The molecular formula is C26H32O4. The normalized spacial score (nSPS) is 10.9. The quantitative estimate of drug-likeness (QED) is 0.518. The van der Waals surface area contributed by atoms with Gasteiger partial charge in [0.1, 0.15) is 13.2 Å². The molecule has 0 spiro atoms. The van der Waals surface area contributed by atoms with Crippen molar-refractivity contribution in [1.29, 1.82) is 0 Å². The fourth-order valence-electron chi connectivity index (χ4n) is 2.09. The summed E-state index contributed by atoms with van der Waals surface area (Å²) < 4.78 is 10.00. The lowest BCUT2D eigenvalue weighted by Gasteiger charge is -2.03. The van der Waals surface area contributed by atoms with Crippen LogP contribution in [0.2, 0.25) is 0 Å². The summed E-state index contributed by atoms with van der Waals surface area (Å²) in [6.07, 6.45) is 7.56. The van der Waals surface area contributed by atoms with Crippen molar-refractivity contribution in [2.75, 3.05) is 13.2 Å². The lowest BCUT2D eigenvalue weighted by atomic mass is 10.2. The molecule has 0 atom stereocenters. The van der Waals surface area contributed by atoms with Crippen molar-refractivity contribution in [2.24, 2.45) is 11.8 Å². The highest BCUT2D eigenvalue weighted by Crippen LogP contribution is 2.02. The zero-order chi connectivity index (χ0) is 22.2. The van der Waals surface area contributed by atoms with Crippen molar-refractivity contribution in [2.45, 2.75) is 27.7 Å². The number of hydrogen-bond acceptors (Lipinski definition) is 4. The predicted molar refractivity (Wildman–Crippen MR) is 123 cm³/mol. The van der Waals surface area contributed by atoms with Gasteiger partial charge in [-0.1, -0.05) is 101 Å². The summed E-state index contributed by atoms with van der Waals surface area (Å²) in [7, 11) is 0. The Hall–Kier alpha value is -3.14. The molecule has 0 heterocycles. The van der Waals surface area contributed by atoms with Crippen molar-refractivity contribution >= 4 is 24.1 Å². The summed E-state index contributed by atoms with van der Waals surface area (Å²) in [5, 5.41) is 0. The fraction of sp³-hybridized carbons (Fsp3) is 0.308. The number of hydrogen-bond donors (Lipinski definition) is 0. The molecule has 0 aliphatic carbocycles. The Morgan fingerprint density at radius 2 is 1.00 bits per heavy atom. The Morgan fingerprint density at radius 1 is 0.667 bits per heavy atom. The molecule has 4 heteroatoms. The summed E-state index contributed by atoms with van der Waals surface area (Å²) in [5.41, 5.74) is 2.22. The molecule has 0 N–H and O–H groups in total. The van der Waals surface area contributed by atoms with Gasteiger partial charge in [-0.05, 0) is 23.3 Å². The average molecular weight is 409 g/mol. The molecule has 0 fully saturated rings. The third kappa shape index (κ3) is 11.6. The maximum atomic E-state index is 11.1. The smallest absolute Gasteiger partial charge is 0.308 e. The molecule has 30 heavy (non-hydrogen) atoms. The average Bonchev–Trinajstić information content (AvgIpc) is 2.75. The SMILES string of the molecule is CC(C)C(=O)OC/C=C/c1ccccc1.CC(C)C(=O)OCC=Cc1ccccc1. The molecule has 0 amide bonds. The molecule has 0 aliphatic heterocycles. The molecule has 0 saturated carbocycles. The van der Waals surface area contributed by atoms with Gasteiger partial charge < -0.3 is 9.47 Å². The van der Waals surface area contributed by atoms with E-state index in [4.69, 9.17) is 9.47 Å². The highest BCUT2D eigenvalue weighted by atomic mass is 16.5. The molecule has 0 aromatic heterocycles. The fourth-order valence-corrected chi connectivity index (χ4v) is 2.09. The van der Waals surface area contributed by atoms with Gasteiger partial charge in [-0.15, -0.1) is 0 Å². The van der Waals surface area contributed by atoms with Gasteiger partial charge in [-0.3, -0.25) is 9.59 Å². The van der Waals surface area contributed by atoms with Crippen LogP contribution in [0.25, 0.3) is 12.2 Å².